The number of nitrogen functional groups attached to an aromatic ring is 1. The lowest BCUT2D eigenvalue weighted by Crippen LogP contribution is -2.19. The molecule has 1 aromatic rings. The van der Waals surface area contributed by atoms with Crippen molar-refractivity contribution in [2.24, 2.45) is 0 Å². The van der Waals surface area contributed by atoms with Crippen molar-refractivity contribution in [1.82, 2.24) is 4.98 Å². The molecule has 1 aromatic carbocycles. The van der Waals surface area contributed by atoms with Crippen LogP contribution in [0.25, 0.3) is 22.6 Å². The number of benzene rings is 2. The maximum atomic E-state index is 12.3. The van der Waals surface area contributed by atoms with Gasteiger partial charge in [0.05, 0.1) is 18.9 Å². The van der Waals surface area contributed by atoms with Crippen LogP contribution in [-0.4, -0.2) is 22.7 Å². The molecule has 0 atom stereocenters. The number of nitrogens with two attached hydrogens (primary N) is 1. The van der Waals surface area contributed by atoms with E-state index in [0.717, 1.165) is 0 Å². The van der Waals surface area contributed by atoms with Crippen molar-refractivity contribution in [3.63, 3.8) is 0 Å². The number of rotatable bonds is 4. The molecule has 1 heterocycles. The molecule has 1 aliphatic heterocycles. The van der Waals surface area contributed by atoms with E-state index >= 15 is 0 Å². The molecule has 3 N–H and O–H groups in total. The third-order valence-corrected chi connectivity index (χ3v) is 3.61. The van der Waals surface area contributed by atoms with Crippen molar-refractivity contribution in [3.05, 3.63) is 45.6 Å². The van der Waals surface area contributed by atoms with Gasteiger partial charge in [-0.3, -0.25) is 4.79 Å². The molecule has 0 bridgehead atoms. The van der Waals surface area contributed by atoms with Gasteiger partial charge in [-0.25, -0.2) is 9.78 Å². The first kappa shape index (κ1) is 15.9. The standard InChI is InChI=1S/C17H16N2O5/c1-2-6-23-17(22)13-14(18)10(21)7-12-16(13)19-15-9(8-20)4-3-5-11(15)24-12/h3-5,7,20H,2,6,8,18H2,1H3. The van der Waals surface area contributed by atoms with Crippen LogP contribution in [0, 0.1) is 0 Å². The zero-order valence-corrected chi connectivity index (χ0v) is 13.0. The van der Waals surface area contributed by atoms with Crippen molar-refractivity contribution in [2.75, 3.05) is 12.3 Å². The molecule has 24 heavy (non-hydrogen) atoms. The van der Waals surface area contributed by atoms with E-state index in [1.807, 2.05) is 6.92 Å². The number of hydrogen-bond donors (Lipinski definition) is 2. The summed E-state index contributed by atoms with van der Waals surface area (Å²) >= 11 is 0. The summed E-state index contributed by atoms with van der Waals surface area (Å²) in [7, 11) is 0. The molecule has 7 heteroatoms. The summed E-state index contributed by atoms with van der Waals surface area (Å²) in [6, 6.07) is 6.25. The highest BCUT2D eigenvalue weighted by Gasteiger charge is 2.26. The summed E-state index contributed by atoms with van der Waals surface area (Å²) in [6.45, 7) is 1.82. The summed E-state index contributed by atoms with van der Waals surface area (Å²) < 4.78 is 10.8. The Kier molecular flexibility index (Phi) is 4.18. The fourth-order valence-electron chi connectivity index (χ4n) is 2.44. The van der Waals surface area contributed by atoms with Crippen molar-refractivity contribution in [1.29, 1.82) is 0 Å². The van der Waals surface area contributed by atoms with Gasteiger partial charge in [-0.05, 0) is 12.5 Å². The Morgan fingerprint density at radius 2 is 2.21 bits per heavy atom. The normalized spacial score (nSPS) is 11.1. The average Bonchev–Trinajstić information content (AvgIpc) is 2.58. The van der Waals surface area contributed by atoms with Crippen LogP contribution in [0.1, 0.15) is 29.3 Å². The highest BCUT2D eigenvalue weighted by Crippen LogP contribution is 2.31. The van der Waals surface area contributed by atoms with Gasteiger partial charge in [0, 0.05) is 11.6 Å². The number of fused-ring (bicyclic) bond motifs is 2. The Bertz CT molecular complexity index is 948. The number of hydrogen-bond acceptors (Lipinski definition) is 7. The molecule has 1 aliphatic carbocycles. The van der Waals surface area contributed by atoms with Crippen LogP contribution in [0.3, 0.4) is 0 Å². The van der Waals surface area contributed by atoms with Crippen LogP contribution in [0.2, 0.25) is 0 Å². The van der Waals surface area contributed by atoms with Gasteiger partial charge in [0.15, 0.2) is 11.3 Å². The Morgan fingerprint density at radius 3 is 2.92 bits per heavy atom. The predicted molar refractivity (Wildman–Crippen MR) is 87.8 cm³/mol. The van der Waals surface area contributed by atoms with Crippen LogP contribution >= 0.6 is 0 Å². The second-order valence-corrected chi connectivity index (χ2v) is 5.28. The lowest BCUT2D eigenvalue weighted by atomic mass is 10.1. The molecule has 0 spiro atoms. The van der Waals surface area contributed by atoms with E-state index in [1.54, 1.807) is 18.2 Å². The van der Waals surface area contributed by atoms with E-state index in [9.17, 15) is 14.7 Å². The Hall–Kier alpha value is -2.93. The van der Waals surface area contributed by atoms with Gasteiger partial charge < -0.3 is 20.0 Å². The zero-order chi connectivity index (χ0) is 17.3. The summed E-state index contributed by atoms with van der Waals surface area (Å²) in [4.78, 5) is 28.7. The van der Waals surface area contributed by atoms with Gasteiger partial charge in [0.2, 0.25) is 5.43 Å². The van der Waals surface area contributed by atoms with Crippen LogP contribution in [-0.2, 0) is 11.3 Å². The number of aliphatic hydroxyl groups excluding tert-OH is 1. The Balaban J connectivity index is 2.33. The third kappa shape index (κ3) is 2.59. The quantitative estimate of drug-likeness (QED) is 0.427. The minimum Gasteiger partial charge on any atom is -0.462 e. The lowest BCUT2D eigenvalue weighted by Gasteiger charge is -2.13. The Labute approximate surface area is 137 Å². The smallest absolute Gasteiger partial charge is 0.342 e. The van der Waals surface area contributed by atoms with E-state index in [2.05, 4.69) is 4.98 Å². The fourth-order valence-corrected chi connectivity index (χ4v) is 2.44. The number of carbonyl (C=O) groups excluding carboxylic acids is 1. The van der Waals surface area contributed by atoms with Gasteiger partial charge in [-0.1, -0.05) is 19.1 Å². The first-order valence-corrected chi connectivity index (χ1v) is 7.49. The largest absolute Gasteiger partial charge is 0.462 e. The Morgan fingerprint density at radius 1 is 1.42 bits per heavy atom. The zero-order valence-electron chi connectivity index (χ0n) is 13.0. The van der Waals surface area contributed by atoms with Gasteiger partial charge in [0.25, 0.3) is 0 Å². The van der Waals surface area contributed by atoms with Gasteiger partial charge in [-0.2, -0.15) is 0 Å². The molecule has 7 nitrogen and oxygen atoms in total. The first-order valence-electron chi connectivity index (χ1n) is 7.49. The van der Waals surface area contributed by atoms with E-state index in [4.69, 9.17) is 14.9 Å². The molecular formula is C17H16N2O5. The number of nitrogens with zero attached hydrogens (tertiary/aromatic N) is 1. The number of esters is 1. The first-order chi connectivity index (χ1) is 11.6. The van der Waals surface area contributed by atoms with Crippen LogP contribution in [0.4, 0.5) is 5.69 Å². The number of anilines is 1. The maximum Gasteiger partial charge on any atom is 0.342 e. The second-order valence-electron chi connectivity index (χ2n) is 5.28. The molecule has 2 aliphatic rings. The summed E-state index contributed by atoms with van der Waals surface area (Å²) in [5.41, 5.74) is 6.39. The third-order valence-electron chi connectivity index (χ3n) is 3.61. The number of carbonyl (C=O) groups is 1. The molecule has 0 aromatic heterocycles. The molecule has 0 saturated heterocycles. The molecule has 0 fully saturated rings. The minimum absolute atomic E-state index is 0.107. The van der Waals surface area contributed by atoms with Gasteiger partial charge in [-0.15, -0.1) is 0 Å². The molecular weight excluding hydrogens is 312 g/mol. The van der Waals surface area contributed by atoms with Crippen LogP contribution in [0.5, 0.6) is 0 Å². The number of aliphatic hydroxyl groups is 1. The highest BCUT2D eigenvalue weighted by molar-refractivity contribution is 6.02. The van der Waals surface area contributed by atoms with Crippen LogP contribution in [0.15, 0.2) is 33.5 Å². The molecule has 0 saturated carbocycles. The van der Waals surface area contributed by atoms with Crippen molar-refractivity contribution in [3.8, 4) is 11.5 Å². The minimum atomic E-state index is -0.722. The van der Waals surface area contributed by atoms with Crippen LogP contribution < -0.4 is 11.2 Å². The molecule has 0 radical (unpaired) electrons. The van der Waals surface area contributed by atoms with E-state index < -0.39 is 11.4 Å². The topological polar surface area (TPSA) is 116 Å². The molecule has 0 amide bonds. The summed E-state index contributed by atoms with van der Waals surface area (Å²) in [6.07, 6.45) is 0.635. The highest BCUT2D eigenvalue weighted by atomic mass is 16.5. The van der Waals surface area contributed by atoms with Crippen molar-refractivity contribution >= 4 is 22.8 Å². The van der Waals surface area contributed by atoms with E-state index in [-0.39, 0.29) is 35.9 Å². The fraction of sp³-hybridized carbons (Fsp3) is 0.235. The van der Waals surface area contributed by atoms with Crippen molar-refractivity contribution in [2.45, 2.75) is 20.0 Å². The molecule has 124 valence electrons. The average molecular weight is 328 g/mol. The lowest BCUT2D eigenvalue weighted by molar-refractivity contribution is 0.0506. The van der Waals surface area contributed by atoms with Crippen molar-refractivity contribution < 1.29 is 19.1 Å². The summed E-state index contributed by atoms with van der Waals surface area (Å²) in [5.74, 6) is -0.583. The van der Waals surface area contributed by atoms with E-state index in [0.29, 0.717) is 23.1 Å². The molecule has 3 rings (SSSR count). The monoisotopic (exact) mass is 328 g/mol. The van der Waals surface area contributed by atoms with Gasteiger partial charge in [0.1, 0.15) is 16.8 Å². The summed E-state index contributed by atoms with van der Waals surface area (Å²) in [5, 5.41) is 9.45. The number of aromatic nitrogens is 1. The second kappa shape index (κ2) is 6.29. The number of para-hydroxylation sites is 1. The number of ether oxygens (including phenoxy) is 1. The molecule has 0 unspecified atom stereocenters. The SMILES string of the molecule is CCCOC(=O)c1c2nc3c(CO)cccc3oc-2cc(=O)c1N. The van der Waals surface area contributed by atoms with E-state index in [1.165, 1.54) is 6.07 Å². The maximum absolute atomic E-state index is 12.3. The van der Waals surface area contributed by atoms with Gasteiger partial charge >= 0.3 is 5.97 Å². The predicted octanol–water partition coefficient (Wildman–Crippen LogP) is 1.93.